The smallest absolute Gasteiger partial charge is 0.157 e. The van der Waals surface area contributed by atoms with Crippen LogP contribution in [-0.4, -0.2) is 7.11 Å². The summed E-state index contributed by atoms with van der Waals surface area (Å²) in [6.07, 6.45) is 0. The Balaban J connectivity index is 1.76. The van der Waals surface area contributed by atoms with Crippen LogP contribution in [0.4, 0.5) is 0 Å². The Morgan fingerprint density at radius 2 is 1.20 bits per heavy atom. The second-order valence-electron chi connectivity index (χ2n) is 9.44. The third kappa shape index (κ3) is 4.55. The van der Waals surface area contributed by atoms with E-state index in [4.69, 9.17) is 32.7 Å². The van der Waals surface area contributed by atoms with Gasteiger partial charge >= 0.3 is 0 Å². The minimum Gasteiger partial charge on any atom is -0.497 e. The average molecular weight is 583 g/mol. The number of ether oxygens (including phenoxy) is 2. The molecule has 5 aromatic carbocycles. The minimum absolute atomic E-state index is 0.528. The molecule has 0 radical (unpaired) electrons. The fourth-order valence-corrected chi connectivity index (χ4v) is 9.01. The Kier molecular flexibility index (Phi) is 7.29. The van der Waals surface area contributed by atoms with Crippen LogP contribution < -0.4 is 20.1 Å². The number of methoxy groups -OCH3 is 1. The maximum atomic E-state index is 15.9. The van der Waals surface area contributed by atoms with E-state index in [0.717, 1.165) is 27.3 Å². The molecule has 1 aliphatic rings. The van der Waals surface area contributed by atoms with E-state index in [-0.39, 0.29) is 0 Å². The van der Waals surface area contributed by atoms with Crippen molar-refractivity contribution in [2.24, 2.45) is 0 Å². The van der Waals surface area contributed by atoms with E-state index in [2.05, 4.69) is 0 Å². The fraction of sp³-hybridized carbons (Fsp3) is 0.0588. The molecule has 0 aromatic heterocycles. The molecule has 1 unspecified atom stereocenters. The molecule has 0 saturated carbocycles. The molecule has 5 aromatic rings. The van der Waals surface area contributed by atoms with E-state index in [1.54, 1.807) is 7.11 Å². The lowest BCUT2D eigenvalue weighted by atomic mass is 9.94. The second-order valence-corrected chi connectivity index (χ2v) is 13.1. The number of hydrogen-bond acceptors (Lipinski definition) is 3. The maximum Gasteiger partial charge on any atom is 0.157 e. The monoisotopic (exact) mass is 582 g/mol. The summed E-state index contributed by atoms with van der Waals surface area (Å²) in [6.45, 7) is 0. The predicted octanol–water partition coefficient (Wildman–Crippen LogP) is 8.91. The highest BCUT2D eigenvalue weighted by molar-refractivity contribution is 7.79. The highest BCUT2D eigenvalue weighted by Gasteiger charge is 2.48. The summed E-state index contributed by atoms with van der Waals surface area (Å²) < 4.78 is 28.1. The van der Waals surface area contributed by atoms with Crippen LogP contribution in [0, 0.1) is 0 Å². The molecular weight excluding hydrogens is 558 g/mol. The zero-order valence-electron chi connectivity index (χ0n) is 21.6. The van der Waals surface area contributed by atoms with Gasteiger partial charge in [0.25, 0.3) is 0 Å². The van der Waals surface area contributed by atoms with Crippen LogP contribution in [-0.2, 0) is 4.57 Å². The lowest BCUT2D eigenvalue weighted by molar-refractivity contribution is 0.406. The first-order valence-electron chi connectivity index (χ1n) is 12.8. The molecule has 3 nitrogen and oxygen atoms in total. The quantitative estimate of drug-likeness (QED) is 0.187. The van der Waals surface area contributed by atoms with Crippen LogP contribution >= 0.6 is 30.3 Å². The van der Waals surface area contributed by atoms with E-state index in [1.165, 1.54) is 0 Å². The van der Waals surface area contributed by atoms with Crippen molar-refractivity contribution >= 4 is 46.5 Å². The van der Waals surface area contributed by atoms with Crippen molar-refractivity contribution in [2.45, 2.75) is 5.66 Å². The summed E-state index contributed by atoms with van der Waals surface area (Å²) in [5.74, 6) is 1.76. The van der Waals surface area contributed by atoms with Crippen molar-refractivity contribution < 1.29 is 14.0 Å². The van der Waals surface area contributed by atoms with Crippen LogP contribution in [0.5, 0.6) is 11.5 Å². The predicted molar refractivity (Wildman–Crippen MR) is 165 cm³/mol. The molecular formula is C34H25Cl2O3P. The molecule has 0 saturated heterocycles. The number of benzene rings is 5. The standard InChI is InChI=1S/C34H25Cl2O3P/c1-38-23-20-21-28-31(22-23)39-33(32(26-16-8-10-18-29(26)35)27-17-9-11-19-30(27)36)34(28)40(37,24-12-4-2-5-13-24)25-14-6-3-7-15-25/h2-22,34H,1H3. The molecule has 40 heavy (non-hydrogen) atoms. The Bertz CT molecular complexity index is 1680. The molecule has 0 N–H and O–H groups in total. The van der Waals surface area contributed by atoms with Gasteiger partial charge in [-0.1, -0.05) is 126 Å². The number of hydrogen-bond donors (Lipinski definition) is 0. The van der Waals surface area contributed by atoms with Crippen molar-refractivity contribution in [1.82, 2.24) is 0 Å². The largest absolute Gasteiger partial charge is 0.497 e. The van der Waals surface area contributed by atoms with Crippen LogP contribution in [0.3, 0.4) is 0 Å². The summed E-state index contributed by atoms with van der Waals surface area (Å²) in [7, 11) is -1.80. The topological polar surface area (TPSA) is 35.5 Å². The van der Waals surface area contributed by atoms with E-state index < -0.39 is 12.8 Å². The summed E-state index contributed by atoms with van der Waals surface area (Å²) in [6, 6.07) is 40.1. The van der Waals surface area contributed by atoms with Gasteiger partial charge in [0.1, 0.15) is 22.9 Å². The first kappa shape index (κ1) is 26.5. The first-order chi connectivity index (χ1) is 19.5. The Hall–Kier alpha value is -3.75. The molecule has 1 atom stereocenters. The van der Waals surface area contributed by atoms with E-state index in [1.807, 2.05) is 127 Å². The van der Waals surface area contributed by atoms with Crippen molar-refractivity contribution in [3.8, 4) is 11.5 Å². The van der Waals surface area contributed by atoms with Gasteiger partial charge in [-0.05, 0) is 18.2 Å². The van der Waals surface area contributed by atoms with Crippen LogP contribution in [0.1, 0.15) is 22.3 Å². The fourth-order valence-electron chi connectivity index (χ4n) is 5.30. The molecule has 0 fully saturated rings. The highest BCUT2D eigenvalue weighted by atomic mass is 35.5. The molecule has 198 valence electrons. The third-order valence-corrected chi connectivity index (χ3v) is 11.2. The van der Waals surface area contributed by atoms with E-state index >= 15 is 4.57 Å². The normalized spacial score (nSPS) is 14.4. The van der Waals surface area contributed by atoms with Crippen molar-refractivity contribution in [3.05, 3.63) is 160 Å². The Labute approximate surface area is 244 Å². The van der Waals surface area contributed by atoms with Gasteiger partial charge in [-0.2, -0.15) is 0 Å². The lowest BCUT2D eigenvalue weighted by Crippen LogP contribution is -2.22. The molecule has 0 spiro atoms. The van der Waals surface area contributed by atoms with Gasteiger partial charge in [0.2, 0.25) is 0 Å². The maximum absolute atomic E-state index is 15.9. The van der Waals surface area contributed by atoms with Gasteiger partial charge in [0.05, 0.1) is 7.11 Å². The van der Waals surface area contributed by atoms with E-state index in [0.29, 0.717) is 32.9 Å². The molecule has 6 rings (SSSR count). The molecule has 6 heteroatoms. The van der Waals surface area contributed by atoms with Gasteiger partial charge in [-0.25, -0.2) is 0 Å². The van der Waals surface area contributed by atoms with Crippen LogP contribution in [0.25, 0.3) is 5.57 Å². The SMILES string of the molecule is COc1ccc2c(c1)OC(=C(c1ccccc1Cl)c1ccccc1Cl)C2P(=O)(c1ccccc1)c1ccccc1. The first-order valence-corrected chi connectivity index (χ1v) is 15.4. The summed E-state index contributed by atoms with van der Waals surface area (Å²) >= 11 is 13.7. The van der Waals surface area contributed by atoms with Crippen LogP contribution in [0.15, 0.2) is 133 Å². The van der Waals surface area contributed by atoms with Crippen molar-refractivity contribution in [1.29, 1.82) is 0 Å². The van der Waals surface area contributed by atoms with Gasteiger partial charge in [-0.15, -0.1) is 0 Å². The summed E-state index contributed by atoms with van der Waals surface area (Å²) in [4.78, 5) is 0. The number of halogens is 2. The van der Waals surface area contributed by atoms with Gasteiger partial charge in [0.15, 0.2) is 7.14 Å². The van der Waals surface area contributed by atoms with Crippen molar-refractivity contribution in [2.75, 3.05) is 7.11 Å². The molecule has 1 aliphatic heterocycles. The van der Waals surface area contributed by atoms with E-state index in [9.17, 15) is 0 Å². The number of fused-ring (bicyclic) bond motifs is 1. The Morgan fingerprint density at radius 3 is 1.70 bits per heavy atom. The lowest BCUT2D eigenvalue weighted by Gasteiger charge is -2.28. The minimum atomic E-state index is -3.42. The van der Waals surface area contributed by atoms with Gasteiger partial charge < -0.3 is 14.0 Å². The average Bonchev–Trinajstić information content (AvgIpc) is 3.38. The molecule has 0 amide bonds. The summed E-state index contributed by atoms with van der Waals surface area (Å²) in [5.41, 5.74) is 2.34. The third-order valence-electron chi connectivity index (χ3n) is 7.16. The zero-order chi connectivity index (χ0) is 27.7. The molecule has 1 heterocycles. The Morgan fingerprint density at radius 1 is 0.700 bits per heavy atom. The zero-order valence-corrected chi connectivity index (χ0v) is 24.0. The number of rotatable bonds is 6. The molecule has 0 aliphatic carbocycles. The van der Waals surface area contributed by atoms with Gasteiger partial charge in [0, 0.05) is 49.0 Å². The van der Waals surface area contributed by atoms with Crippen molar-refractivity contribution in [3.63, 3.8) is 0 Å². The van der Waals surface area contributed by atoms with Gasteiger partial charge in [-0.3, -0.25) is 0 Å². The van der Waals surface area contributed by atoms with Crippen LogP contribution in [0.2, 0.25) is 10.0 Å². The summed E-state index contributed by atoms with van der Waals surface area (Å²) in [5, 5.41) is 2.53. The second kappa shape index (κ2) is 11.0. The highest BCUT2D eigenvalue weighted by Crippen LogP contribution is 2.66. The number of allylic oxidation sites excluding steroid dienone is 1. The molecule has 0 bridgehead atoms.